The standard InChI is InChI=1S/C16H17ClN4O2/c17-11-1-3-12(4-2-11)18-15(22)16-19-14(20-23-16)13-9-21-7-5-10(13)6-8-21/h1-4,10,13H,5-9H2,(H,18,22). The van der Waals surface area contributed by atoms with E-state index in [1.807, 2.05) is 0 Å². The van der Waals surface area contributed by atoms with Crippen molar-refractivity contribution < 1.29 is 9.32 Å². The third-order valence-corrected chi connectivity index (χ3v) is 4.98. The van der Waals surface area contributed by atoms with Gasteiger partial charge in [-0.3, -0.25) is 4.79 Å². The number of anilines is 1. The first-order valence-electron chi connectivity index (χ1n) is 7.82. The van der Waals surface area contributed by atoms with Crippen LogP contribution in [0, 0.1) is 5.92 Å². The molecule has 0 aliphatic carbocycles. The molecular weight excluding hydrogens is 316 g/mol. The Morgan fingerprint density at radius 3 is 2.65 bits per heavy atom. The average molecular weight is 333 g/mol. The Morgan fingerprint density at radius 2 is 2.00 bits per heavy atom. The van der Waals surface area contributed by atoms with Gasteiger partial charge >= 0.3 is 11.8 Å². The predicted molar refractivity (Wildman–Crippen MR) is 85.6 cm³/mol. The molecule has 1 N–H and O–H groups in total. The number of nitrogens with zero attached hydrogens (tertiary/aromatic N) is 3. The highest BCUT2D eigenvalue weighted by atomic mass is 35.5. The predicted octanol–water partition coefficient (Wildman–Crippen LogP) is 2.78. The zero-order valence-corrected chi connectivity index (χ0v) is 13.3. The van der Waals surface area contributed by atoms with Crippen LogP contribution >= 0.6 is 11.6 Å². The molecule has 3 aliphatic heterocycles. The number of fused-ring (bicyclic) bond motifs is 3. The van der Waals surface area contributed by atoms with Crippen molar-refractivity contribution in [1.29, 1.82) is 0 Å². The Morgan fingerprint density at radius 1 is 1.26 bits per heavy atom. The molecule has 0 spiro atoms. The first-order valence-corrected chi connectivity index (χ1v) is 8.20. The van der Waals surface area contributed by atoms with Gasteiger partial charge in [-0.05, 0) is 56.1 Å². The van der Waals surface area contributed by atoms with Crippen molar-refractivity contribution in [2.75, 3.05) is 25.0 Å². The summed E-state index contributed by atoms with van der Waals surface area (Å²) in [5.74, 6) is 1.14. The number of hydrogen-bond acceptors (Lipinski definition) is 5. The van der Waals surface area contributed by atoms with Crippen molar-refractivity contribution in [1.82, 2.24) is 15.0 Å². The van der Waals surface area contributed by atoms with Gasteiger partial charge in [-0.2, -0.15) is 4.98 Å². The summed E-state index contributed by atoms with van der Waals surface area (Å²) in [5, 5.41) is 7.39. The zero-order valence-electron chi connectivity index (χ0n) is 12.5. The van der Waals surface area contributed by atoms with Crippen LogP contribution < -0.4 is 5.32 Å². The summed E-state index contributed by atoms with van der Waals surface area (Å²) < 4.78 is 5.17. The molecule has 7 heteroatoms. The van der Waals surface area contributed by atoms with Gasteiger partial charge in [0.1, 0.15) is 0 Å². The van der Waals surface area contributed by atoms with E-state index in [9.17, 15) is 4.79 Å². The minimum absolute atomic E-state index is 0.00592. The van der Waals surface area contributed by atoms with Gasteiger partial charge in [0.25, 0.3) is 0 Å². The maximum atomic E-state index is 12.2. The summed E-state index contributed by atoms with van der Waals surface area (Å²) in [6.45, 7) is 3.27. The Balaban J connectivity index is 1.47. The van der Waals surface area contributed by atoms with Gasteiger partial charge in [0, 0.05) is 23.2 Å². The number of carbonyl (C=O) groups is 1. The topological polar surface area (TPSA) is 71.3 Å². The second-order valence-electron chi connectivity index (χ2n) is 6.16. The van der Waals surface area contributed by atoms with Crippen LogP contribution in [0.25, 0.3) is 0 Å². The summed E-state index contributed by atoms with van der Waals surface area (Å²) in [6, 6.07) is 6.88. The Labute approximate surface area is 138 Å². The highest BCUT2D eigenvalue weighted by molar-refractivity contribution is 6.30. The smallest absolute Gasteiger partial charge is 0.316 e. The van der Waals surface area contributed by atoms with Crippen molar-refractivity contribution in [2.45, 2.75) is 18.8 Å². The minimum atomic E-state index is -0.396. The lowest BCUT2D eigenvalue weighted by molar-refractivity contribution is 0.0825. The van der Waals surface area contributed by atoms with Crippen molar-refractivity contribution in [3.63, 3.8) is 0 Å². The largest absolute Gasteiger partial charge is 0.329 e. The number of halogens is 1. The van der Waals surface area contributed by atoms with Gasteiger partial charge in [-0.1, -0.05) is 16.8 Å². The van der Waals surface area contributed by atoms with Gasteiger partial charge in [0.05, 0.1) is 0 Å². The maximum Gasteiger partial charge on any atom is 0.316 e. The molecule has 6 nitrogen and oxygen atoms in total. The van der Waals surface area contributed by atoms with Gasteiger partial charge in [-0.15, -0.1) is 0 Å². The summed E-state index contributed by atoms with van der Waals surface area (Å²) in [4.78, 5) is 19.0. The zero-order chi connectivity index (χ0) is 15.8. The Hall–Kier alpha value is -1.92. The fourth-order valence-corrected chi connectivity index (χ4v) is 3.58. The van der Waals surface area contributed by atoms with Crippen LogP contribution in [-0.4, -0.2) is 40.6 Å². The van der Waals surface area contributed by atoms with E-state index in [0.29, 0.717) is 22.5 Å². The third kappa shape index (κ3) is 2.96. The van der Waals surface area contributed by atoms with Gasteiger partial charge in [-0.25, -0.2) is 0 Å². The van der Waals surface area contributed by atoms with Crippen molar-refractivity contribution in [3.05, 3.63) is 41.0 Å². The van der Waals surface area contributed by atoms with Gasteiger partial charge < -0.3 is 14.7 Å². The van der Waals surface area contributed by atoms with Crippen LogP contribution in [0.1, 0.15) is 35.3 Å². The molecule has 0 radical (unpaired) electrons. The first-order chi connectivity index (χ1) is 11.2. The quantitative estimate of drug-likeness (QED) is 0.935. The summed E-state index contributed by atoms with van der Waals surface area (Å²) >= 11 is 5.83. The highest BCUT2D eigenvalue weighted by Gasteiger charge is 2.37. The van der Waals surface area contributed by atoms with Crippen LogP contribution in [0.3, 0.4) is 0 Å². The lowest BCUT2D eigenvalue weighted by Gasteiger charge is -2.43. The van der Waals surface area contributed by atoms with Crippen molar-refractivity contribution in [2.24, 2.45) is 5.92 Å². The summed E-state index contributed by atoms with van der Waals surface area (Å²) in [5.41, 5.74) is 0.641. The molecule has 120 valence electrons. The average Bonchev–Trinajstić information content (AvgIpc) is 3.08. The van der Waals surface area contributed by atoms with Crippen molar-refractivity contribution >= 4 is 23.2 Å². The van der Waals surface area contributed by atoms with Crippen LogP contribution in [0.4, 0.5) is 5.69 Å². The molecule has 1 atom stereocenters. The molecule has 5 rings (SSSR count). The molecular formula is C16H17ClN4O2. The number of rotatable bonds is 3. The molecule has 4 heterocycles. The maximum absolute atomic E-state index is 12.2. The molecule has 2 aromatic rings. The number of benzene rings is 1. The molecule has 3 aliphatic rings. The second-order valence-corrected chi connectivity index (χ2v) is 6.60. The molecule has 1 aromatic carbocycles. The number of hydrogen-bond donors (Lipinski definition) is 1. The fraction of sp³-hybridized carbons (Fsp3) is 0.438. The summed E-state index contributed by atoms with van der Waals surface area (Å²) in [7, 11) is 0. The third-order valence-electron chi connectivity index (χ3n) is 4.73. The van der Waals surface area contributed by atoms with Crippen molar-refractivity contribution in [3.8, 4) is 0 Å². The van der Waals surface area contributed by atoms with E-state index in [1.54, 1.807) is 24.3 Å². The normalized spacial score (nSPS) is 26.2. The Kier molecular flexibility index (Phi) is 3.79. The fourth-order valence-electron chi connectivity index (χ4n) is 3.45. The van der Waals surface area contributed by atoms with E-state index in [-0.39, 0.29) is 11.8 Å². The van der Waals surface area contributed by atoms with E-state index < -0.39 is 5.91 Å². The van der Waals surface area contributed by atoms with Gasteiger partial charge in [0.2, 0.25) is 0 Å². The van der Waals surface area contributed by atoms with E-state index in [2.05, 4.69) is 20.4 Å². The minimum Gasteiger partial charge on any atom is -0.329 e. The molecule has 1 unspecified atom stereocenters. The van der Waals surface area contributed by atoms with Crippen LogP contribution in [0.2, 0.25) is 5.02 Å². The van der Waals surface area contributed by atoms with E-state index in [4.69, 9.17) is 16.1 Å². The molecule has 1 amide bonds. The molecule has 0 saturated carbocycles. The lowest BCUT2D eigenvalue weighted by Crippen LogP contribution is -2.46. The van der Waals surface area contributed by atoms with Gasteiger partial charge in [0.15, 0.2) is 5.82 Å². The molecule has 1 aromatic heterocycles. The Bertz CT molecular complexity index is 707. The SMILES string of the molecule is O=C(Nc1ccc(Cl)cc1)c1nc(C2CN3CCC2CC3)no1. The molecule has 3 fully saturated rings. The highest BCUT2D eigenvalue weighted by Crippen LogP contribution is 2.37. The monoisotopic (exact) mass is 332 g/mol. The molecule has 2 bridgehead atoms. The van der Waals surface area contributed by atoms with E-state index >= 15 is 0 Å². The molecule has 3 saturated heterocycles. The first kappa shape index (κ1) is 14.7. The van der Waals surface area contributed by atoms with E-state index in [1.165, 1.54) is 12.8 Å². The summed E-state index contributed by atoms with van der Waals surface area (Å²) in [6.07, 6.45) is 2.34. The number of aromatic nitrogens is 2. The van der Waals surface area contributed by atoms with E-state index in [0.717, 1.165) is 19.6 Å². The van der Waals surface area contributed by atoms with Crippen LogP contribution in [-0.2, 0) is 0 Å². The lowest BCUT2D eigenvalue weighted by atomic mass is 9.79. The van der Waals surface area contributed by atoms with Crippen LogP contribution in [0.5, 0.6) is 0 Å². The number of nitrogens with one attached hydrogen (secondary N) is 1. The second kappa shape index (κ2) is 5.94. The molecule has 23 heavy (non-hydrogen) atoms. The number of carbonyl (C=O) groups excluding carboxylic acids is 1. The van der Waals surface area contributed by atoms with Crippen LogP contribution in [0.15, 0.2) is 28.8 Å². The number of piperidine rings is 3. The number of amides is 1.